The van der Waals surface area contributed by atoms with Gasteiger partial charge in [0.2, 0.25) is 0 Å². The number of carbonyl (C=O) groups is 1. The van der Waals surface area contributed by atoms with Crippen LogP contribution in [0.3, 0.4) is 0 Å². The molecule has 0 unspecified atom stereocenters. The Morgan fingerprint density at radius 2 is 1.24 bits per heavy atom. The summed E-state index contributed by atoms with van der Waals surface area (Å²) in [6, 6.07) is 29.7. The average molecular weight is 689 g/mol. The van der Waals surface area contributed by atoms with Crippen molar-refractivity contribution in [1.82, 2.24) is 0 Å². The van der Waals surface area contributed by atoms with Crippen LogP contribution in [0, 0.1) is 0 Å². The maximum Gasteiger partial charge on any atom is 0.302 e. The van der Waals surface area contributed by atoms with Crippen molar-refractivity contribution < 1.29 is 47.4 Å². The number of hydrogen-bond donors (Lipinski definition) is 0. The molecule has 2 fully saturated rings. The molecule has 0 amide bonds. The topological polar surface area (TPSA) is 100 Å². The van der Waals surface area contributed by atoms with E-state index >= 15 is 0 Å². The molecule has 50 heavy (non-hydrogen) atoms. The molecule has 3 aromatic rings. The third-order valence-electron chi connectivity index (χ3n) is 8.34. The van der Waals surface area contributed by atoms with Crippen molar-refractivity contribution in [3.63, 3.8) is 0 Å². The van der Waals surface area contributed by atoms with Crippen molar-refractivity contribution in [2.24, 2.45) is 0 Å². The highest BCUT2D eigenvalue weighted by Crippen LogP contribution is 2.33. The third kappa shape index (κ3) is 11.1. The van der Waals surface area contributed by atoms with E-state index in [1.54, 1.807) is 12.2 Å². The molecule has 2 heterocycles. The molecule has 2 aliphatic heterocycles. The van der Waals surface area contributed by atoms with Gasteiger partial charge < -0.3 is 42.6 Å². The Morgan fingerprint density at radius 3 is 1.82 bits per heavy atom. The van der Waals surface area contributed by atoms with Crippen LogP contribution in [0.25, 0.3) is 0 Å². The molecule has 268 valence electrons. The fourth-order valence-corrected chi connectivity index (χ4v) is 5.92. The first-order valence-corrected chi connectivity index (χ1v) is 17.0. The zero-order valence-electron chi connectivity index (χ0n) is 28.6. The Kier molecular flexibility index (Phi) is 15.2. The number of hydrogen-bond acceptors (Lipinski definition) is 10. The lowest BCUT2D eigenvalue weighted by Crippen LogP contribution is -2.63. The molecule has 0 spiro atoms. The molecule has 8 atom stereocenters. The largest absolute Gasteiger partial charge is 0.463 e. The molecular formula is C40H48O10. The monoisotopic (exact) mass is 688 g/mol. The smallest absolute Gasteiger partial charge is 0.302 e. The zero-order chi connectivity index (χ0) is 35.0. The summed E-state index contributed by atoms with van der Waals surface area (Å²) in [7, 11) is 0. The lowest BCUT2D eigenvalue weighted by atomic mass is 9.97. The molecule has 0 aliphatic carbocycles. The minimum absolute atomic E-state index is 0.0882. The van der Waals surface area contributed by atoms with Crippen LogP contribution in [0.4, 0.5) is 0 Å². The summed E-state index contributed by atoms with van der Waals surface area (Å²) < 4.78 is 56.9. The van der Waals surface area contributed by atoms with Gasteiger partial charge in [-0.25, -0.2) is 0 Å². The first kappa shape index (κ1) is 37.5. The van der Waals surface area contributed by atoms with Crippen molar-refractivity contribution in [1.29, 1.82) is 0 Å². The van der Waals surface area contributed by atoms with Crippen LogP contribution in [0.15, 0.2) is 116 Å². The van der Waals surface area contributed by atoms with E-state index < -0.39 is 55.0 Å². The molecule has 2 saturated heterocycles. The maximum atomic E-state index is 11.9. The molecule has 2 aliphatic rings. The molecule has 0 bridgehead atoms. The van der Waals surface area contributed by atoms with Gasteiger partial charge >= 0.3 is 5.97 Å². The van der Waals surface area contributed by atoms with Gasteiger partial charge in [-0.1, -0.05) is 103 Å². The highest BCUT2D eigenvalue weighted by atomic mass is 16.7. The summed E-state index contributed by atoms with van der Waals surface area (Å²) in [5, 5.41) is 0. The quantitative estimate of drug-likeness (QED) is 0.110. The van der Waals surface area contributed by atoms with Crippen LogP contribution >= 0.6 is 0 Å². The fraction of sp³-hybridized carbons (Fsp3) is 0.425. The molecule has 3 aromatic carbocycles. The van der Waals surface area contributed by atoms with E-state index in [9.17, 15) is 4.79 Å². The van der Waals surface area contributed by atoms with Crippen LogP contribution in [-0.4, -0.2) is 88.0 Å². The predicted molar refractivity (Wildman–Crippen MR) is 186 cm³/mol. The Labute approximate surface area is 294 Å². The lowest BCUT2D eigenvalue weighted by Gasteiger charge is -2.46. The molecule has 0 radical (unpaired) electrons. The molecule has 0 saturated carbocycles. The molecular weight excluding hydrogens is 640 g/mol. The van der Waals surface area contributed by atoms with Crippen molar-refractivity contribution in [2.75, 3.05) is 33.0 Å². The standard InChI is InChI=1S/C40H48O10/c1-4-21-43-37-35(28-45-29(3)41)49-40(39(38(37)44-22-5-2)48-25-32-19-13-8-14-20-32)50-36-33(26-42-23-30-15-9-6-10-16-30)47-27-34(36)46-24-31-17-11-7-12-18-31/h4-20,33-40H,1-2,21-28H2,3H3/t33-,34+,35-,36-,37-,38+,39-,40-/m1/s1. The Bertz CT molecular complexity index is 1420. The number of benzene rings is 3. The number of esters is 1. The molecule has 10 nitrogen and oxygen atoms in total. The number of rotatable bonds is 20. The normalized spacial score (nSPS) is 26.3. The lowest BCUT2D eigenvalue weighted by molar-refractivity contribution is -0.337. The van der Waals surface area contributed by atoms with E-state index in [0.717, 1.165) is 16.7 Å². The van der Waals surface area contributed by atoms with Gasteiger partial charge in [0.25, 0.3) is 0 Å². The van der Waals surface area contributed by atoms with Crippen LogP contribution in [0.2, 0.25) is 0 Å². The van der Waals surface area contributed by atoms with E-state index in [4.69, 9.17) is 42.6 Å². The third-order valence-corrected chi connectivity index (χ3v) is 8.34. The van der Waals surface area contributed by atoms with Gasteiger partial charge in [-0.3, -0.25) is 4.79 Å². The summed E-state index contributed by atoms with van der Waals surface area (Å²) in [5.74, 6) is -0.450. The molecule has 10 heteroatoms. The second-order valence-electron chi connectivity index (χ2n) is 12.1. The van der Waals surface area contributed by atoms with E-state index in [0.29, 0.717) is 13.2 Å². The van der Waals surface area contributed by atoms with Crippen LogP contribution in [0.5, 0.6) is 0 Å². The van der Waals surface area contributed by atoms with Crippen molar-refractivity contribution >= 4 is 5.97 Å². The SMILES string of the molecule is C=CCO[C@@H]1[C@@H](OCc2ccccc2)[C@@H](O[C@H]2[C@@H](OCc3ccccc3)CO[C@@H]2COCc2ccccc2)O[C@H](COC(C)=O)[C@H]1OCC=C. The Hall–Kier alpha value is -3.71. The molecule has 0 N–H and O–H groups in total. The number of carbonyl (C=O) groups excluding carboxylic acids is 1. The van der Waals surface area contributed by atoms with E-state index in [2.05, 4.69) is 13.2 Å². The first-order chi connectivity index (χ1) is 24.6. The summed E-state index contributed by atoms with van der Waals surface area (Å²) in [6.07, 6.45) is -2.16. The minimum atomic E-state index is -0.996. The summed E-state index contributed by atoms with van der Waals surface area (Å²) >= 11 is 0. The predicted octanol–water partition coefficient (Wildman–Crippen LogP) is 5.59. The molecule has 0 aromatic heterocycles. The van der Waals surface area contributed by atoms with E-state index in [1.807, 2.05) is 91.0 Å². The van der Waals surface area contributed by atoms with Gasteiger partial charge in [-0.2, -0.15) is 0 Å². The van der Waals surface area contributed by atoms with Gasteiger partial charge in [0, 0.05) is 6.92 Å². The summed E-state index contributed by atoms with van der Waals surface area (Å²) in [5.41, 5.74) is 3.03. The van der Waals surface area contributed by atoms with Gasteiger partial charge in [0.15, 0.2) is 6.29 Å². The van der Waals surface area contributed by atoms with Crippen LogP contribution < -0.4 is 0 Å². The second-order valence-corrected chi connectivity index (χ2v) is 12.1. The van der Waals surface area contributed by atoms with Crippen molar-refractivity contribution in [3.8, 4) is 0 Å². The second kappa shape index (κ2) is 20.2. The Balaban J connectivity index is 1.42. The van der Waals surface area contributed by atoms with Gasteiger partial charge in [-0.05, 0) is 16.7 Å². The maximum absolute atomic E-state index is 11.9. The average Bonchev–Trinajstić information content (AvgIpc) is 3.52. The van der Waals surface area contributed by atoms with Crippen LogP contribution in [-0.2, 0) is 67.2 Å². The van der Waals surface area contributed by atoms with Gasteiger partial charge in [0.05, 0.1) is 46.2 Å². The van der Waals surface area contributed by atoms with Gasteiger partial charge in [0.1, 0.15) is 49.3 Å². The van der Waals surface area contributed by atoms with Gasteiger partial charge in [-0.15, -0.1) is 13.2 Å². The zero-order valence-corrected chi connectivity index (χ0v) is 28.6. The highest BCUT2D eigenvalue weighted by molar-refractivity contribution is 5.65. The molecule has 5 rings (SSSR count). The van der Waals surface area contributed by atoms with Crippen molar-refractivity contribution in [3.05, 3.63) is 133 Å². The first-order valence-electron chi connectivity index (χ1n) is 17.0. The van der Waals surface area contributed by atoms with E-state index in [-0.39, 0.29) is 39.6 Å². The van der Waals surface area contributed by atoms with Crippen LogP contribution in [0.1, 0.15) is 23.6 Å². The Morgan fingerprint density at radius 1 is 0.680 bits per heavy atom. The van der Waals surface area contributed by atoms with Crippen molar-refractivity contribution in [2.45, 2.75) is 75.8 Å². The highest BCUT2D eigenvalue weighted by Gasteiger charge is 2.52. The minimum Gasteiger partial charge on any atom is -0.463 e. The fourth-order valence-electron chi connectivity index (χ4n) is 5.92. The van der Waals surface area contributed by atoms with E-state index in [1.165, 1.54) is 6.92 Å². The summed E-state index contributed by atoms with van der Waals surface area (Å²) in [6.45, 7) is 10.9. The summed E-state index contributed by atoms with van der Waals surface area (Å²) in [4.78, 5) is 11.9. The number of ether oxygens (including phenoxy) is 9.